The van der Waals surface area contributed by atoms with Crippen molar-refractivity contribution in [2.45, 2.75) is 18.7 Å². The molecule has 0 aliphatic carbocycles. The van der Waals surface area contributed by atoms with E-state index in [1.807, 2.05) is 19.9 Å². The molecular weight excluding hydrogens is 236 g/mol. The van der Waals surface area contributed by atoms with E-state index in [1.165, 1.54) is 6.26 Å². The fraction of sp³-hybridized carbons (Fsp3) is 0.385. The molecule has 17 heavy (non-hydrogen) atoms. The summed E-state index contributed by atoms with van der Waals surface area (Å²) in [5.41, 5.74) is 1.67. The van der Waals surface area contributed by atoms with Gasteiger partial charge in [-0.1, -0.05) is 32.1 Å². The van der Waals surface area contributed by atoms with Gasteiger partial charge >= 0.3 is 0 Å². The number of aliphatic hydroxyl groups excluding tert-OH is 1. The van der Waals surface area contributed by atoms with Crippen molar-refractivity contribution in [2.75, 3.05) is 12.9 Å². The third-order valence-electron chi connectivity index (χ3n) is 2.36. The third kappa shape index (κ3) is 3.98. The molecule has 1 N–H and O–H groups in total. The van der Waals surface area contributed by atoms with E-state index in [9.17, 15) is 13.5 Å². The maximum atomic E-state index is 11.3. The molecule has 0 unspecified atom stereocenters. The van der Waals surface area contributed by atoms with Crippen LogP contribution in [0.5, 0.6) is 0 Å². The Morgan fingerprint density at radius 2 is 1.82 bits per heavy atom. The summed E-state index contributed by atoms with van der Waals surface area (Å²) in [5, 5.41) is 9.27. The van der Waals surface area contributed by atoms with E-state index in [-0.39, 0.29) is 6.61 Å². The predicted octanol–water partition coefficient (Wildman–Crippen LogP) is 2.12. The Morgan fingerprint density at radius 3 is 2.18 bits per heavy atom. The minimum Gasteiger partial charge on any atom is -0.392 e. The van der Waals surface area contributed by atoms with Gasteiger partial charge in [-0.05, 0) is 29.2 Å². The number of benzene rings is 1. The molecule has 0 bridgehead atoms. The van der Waals surface area contributed by atoms with Gasteiger partial charge in [0.25, 0.3) is 0 Å². The minimum absolute atomic E-state index is 0.0452. The summed E-state index contributed by atoms with van der Waals surface area (Å²) in [6.45, 7) is 4.01. The highest BCUT2D eigenvalue weighted by Crippen LogP contribution is 2.18. The van der Waals surface area contributed by atoms with E-state index in [2.05, 4.69) is 0 Å². The fourth-order valence-electron chi connectivity index (χ4n) is 1.56. The van der Waals surface area contributed by atoms with Crippen molar-refractivity contribution >= 4 is 15.4 Å². The standard InChI is InChI=1S/C13H18O3S/c1-10(2)8-12(9-14)11-4-6-13(7-5-11)17(3,15)16/h4-8,10,14H,9H2,1-3H3/b12-8-. The van der Waals surface area contributed by atoms with E-state index < -0.39 is 9.84 Å². The average molecular weight is 254 g/mol. The number of rotatable bonds is 4. The molecule has 0 saturated carbocycles. The van der Waals surface area contributed by atoms with E-state index in [0.717, 1.165) is 11.1 Å². The van der Waals surface area contributed by atoms with Gasteiger partial charge in [-0.25, -0.2) is 8.42 Å². The molecule has 0 aliphatic rings. The molecular formula is C13H18O3S. The van der Waals surface area contributed by atoms with E-state index >= 15 is 0 Å². The van der Waals surface area contributed by atoms with Crippen LogP contribution in [0.3, 0.4) is 0 Å². The average Bonchev–Trinajstić information content (AvgIpc) is 2.24. The topological polar surface area (TPSA) is 54.4 Å². The van der Waals surface area contributed by atoms with Crippen LogP contribution >= 0.6 is 0 Å². The molecule has 0 heterocycles. The lowest BCUT2D eigenvalue weighted by molar-refractivity contribution is 0.349. The van der Waals surface area contributed by atoms with Crippen LogP contribution in [0.25, 0.3) is 5.57 Å². The maximum Gasteiger partial charge on any atom is 0.175 e. The Labute approximate surface area is 103 Å². The van der Waals surface area contributed by atoms with E-state index in [1.54, 1.807) is 24.3 Å². The molecule has 0 radical (unpaired) electrons. The lowest BCUT2D eigenvalue weighted by Crippen LogP contribution is -1.98. The number of sulfone groups is 1. The van der Waals surface area contributed by atoms with Gasteiger partial charge in [-0.3, -0.25) is 0 Å². The van der Waals surface area contributed by atoms with Crippen molar-refractivity contribution in [1.82, 2.24) is 0 Å². The first-order valence-corrected chi connectivity index (χ1v) is 7.35. The molecule has 0 fully saturated rings. The van der Waals surface area contributed by atoms with E-state index in [0.29, 0.717) is 10.8 Å². The summed E-state index contributed by atoms with van der Waals surface area (Å²) >= 11 is 0. The zero-order valence-corrected chi connectivity index (χ0v) is 11.2. The van der Waals surface area contributed by atoms with Crippen LogP contribution in [-0.4, -0.2) is 26.4 Å². The first-order chi connectivity index (χ1) is 7.84. The maximum absolute atomic E-state index is 11.3. The van der Waals surface area contributed by atoms with Crippen LogP contribution in [0.2, 0.25) is 0 Å². The van der Waals surface area contributed by atoms with Crippen molar-refractivity contribution in [3.63, 3.8) is 0 Å². The SMILES string of the molecule is CC(C)/C=C(/CO)c1ccc(S(C)(=O)=O)cc1. The second-order valence-corrected chi connectivity index (χ2v) is 6.41. The third-order valence-corrected chi connectivity index (χ3v) is 3.49. The Kier molecular flexibility index (Phi) is 4.48. The summed E-state index contributed by atoms with van der Waals surface area (Å²) in [5.74, 6) is 0.340. The van der Waals surface area contributed by atoms with Crippen LogP contribution in [0.15, 0.2) is 35.2 Å². The monoisotopic (exact) mass is 254 g/mol. The molecule has 4 heteroatoms. The Hall–Kier alpha value is -1.13. The van der Waals surface area contributed by atoms with Crippen molar-refractivity contribution in [2.24, 2.45) is 5.92 Å². The fourth-order valence-corrected chi connectivity index (χ4v) is 2.19. The molecule has 1 aromatic rings. The molecule has 0 aliphatic heterocycles. The van der Waals surface area contributed by atoms with Crippen LogP contribution in [0.1, 0.15) is 19.4 Å². The highest BCUT2D eigenvalue weighted by Gasteiger charge is 2.07. The van der Waals surface area contributed by atoms with Gasteiger partial charge in [0, 0.05) is 6.26 Å². The van der Waals surface area contributed by atoms with Gasteiger partial charge < -0.3 is 5.11 Å². The number of aliphatic hydroxyl groups is 1. The molecule has 0 atom stereocenters. The molecule has 3 nitrogen and oxygen atoms in total. The molecule has 0 spiro atoms. The summed E-state index contributed by atoms with van der Waals surface area (Å²) in [4.78, 5) is 0.295. The highest BCUT2D eigenvalue weighted by molar-refractivity contribution is 7.90. The molecule has 1 rings (SSSR count). The highest BCUT2D eigenvalue weighted by atomic mass is 32.2. The van der Waals surface area contributed by atoms with Gasteiger partial charge in [0.1, 0.15) is 0 Å². The van der Waals surface area contributed by atoms with Gasteiger partial charge in [-0.15, -0.1) is 0 Å². The van der Waals surface area contributed by atoms with Crippen LogP contribution in [0.4, 0.5) is 0 Å². The van der Waals surface area contributed by atoms with Crippen LogP contribution < -0.4 is 0 Å². The molecule has 0 aromatic heterocycles. The van der Waals surface area contributed by atoms with Crippen LogP contribution in [0, 0.1) is 5.92 Å². The second kappa shape index (κ2) is 5.47. The van der Waals surface area contributed by atoms with Crippen molar-refractivity contribution in [3.8, 4) is 0 Å². The molecule has 0 amide bonds. The Bertz CT molecular complexity index is 496. The molecule has 0 saturated heterocycles. The van der Waals surface area contributed by atoms with Gasteiger partial charge in [0.05, 0.1) is 11.5 Å². The molecule has 1 aromatic carbocycles. The largest absolute Gasteiger partial charge is 0.392 e. The summed E-state index contributed by atoms with van der Waals surface area (Å²) in [6.07, 6.45) is 3.15. The number of allylic oxidation sites excluding steroid dienone is 1. The lowest BCUT2D eigenvalue weighted by atomic mass is 10.0. The Balaban J connectivity index is 3.10. The number of hydrogen-bond acceptors (Lipinski definition) is 3. The van der Waals surface area contributed by atoms with E-state index in [4.69, 9.17) is 0 Å². The smallest absolute Gasteiger partial charge is 0.175 e. The predicted molar refractivity (Wildman–Crippen MR) is 69.5 cm³/mol. The first kappa shape index (κ1) is 13.9. The van der Waals surface area contributed by atoms with Crippen molar-refractivity contribution < 1.29 is 13.5 Å². The van der Waals surface area contributed by atoms with Gasteiger partial charge in [0.15, 0.2) is 9.84 Å². The minimum atomic E-state index is -3.16. The summed E-state index contributed by atoms with van der Waals surface area (Å²) in [6, 6.07) is 6.57. The normalized spacial score (nSPS) is 13.1. The Morgan fingerprint density at radius 1 is 1.29 bits per heavy atom. The second-order valence-electron chi connectivity index (χ2n) is 4.39. The van der Waals surface area contributed by atoms with Gasteiger partial charge in [-0.2, -0.15) is 0 Å². The lowest BCUT2D eigenvalue weighted by Gasteiger charge is -2.07. The van der Waals surface area contributed by atoms with Gasteiger partial charge in [0.2, 0.25) is 0 Å². The van der Waals surface area contributed by atoms with Crippen LogP contribution in [-0.2, 0) is 9.84 Å². The first-order valence-electron chi connectivity index (χ1n) is 5.46. The number of hydrogen-bond donors (Lipinski definition) is 1. The van der Waals surface area contributed by atoms with Crippen molar-refractivity contribution in [1.29, 1.82) is 0 Å². The summed E-state index contributed by atoms with van der Waals surface area (Å²) in [7, 11) is -3.16. The molecule has 94 valence electrons. The quantitative estimate of drug-likeness (QED) is 0.895. The van der Waals surface area contributed by atoms with Crippen molar-refractivity contribution in [3.05, 3.63) is 35.9 Å². The summed E-state index contributed by atoms with van der Waals surface area (Å²) < 4.78 is 22.6. The zero-order chi connectivity index (χ0) is 13.1. The zero-order valence-electron chi connectivity index (χ0n) is 10.3.